The lowest BCUT2D eigenvalue weighted by atomic mass is 10.1. The number of nitrogens with one attached hydrogen (secondary N) is 2. The maximum atomic E-state index is 13.3. The lowest BCUT2D eigenvalue weighted by Gasteiger charge is -2.26. The number of barbiturate groups is 1. The van der Waals surface area contributed by atoms with Crippen LogP contribution in [0, 0.1) is 13.8 Å². The summed E-state index contributed by atoms with van der Waals surface area (Å²) in [5.41, 5.74) is 3.20. The zero-order valence-corrected chi connectivity index (χ0v) is 23.5. The standard InChI is InChI=1S/C31H29N3O8/c1-5-41-26-16-20(7-13-25(26)42-17-27(35)32-24-12-6-18(2)14-19(24)3)15-23-28(36)33-31(39)34(29(23)37)22-10-8-21(9-11-22)30(38)40-4/h6-16H,5,17H2,1-4H3,(H,32,35)(H,33,36,39)/b23-15-. The number of hydrogen-bond acceptors (Lipinski definition) is 8. The predicted molar refractivity (Wildman–Crippen MR) is 154 cm³/mol. The van der Waals surface area contributed by atoms with Crippen molar-refractivity contribution in [3.05, 3.63) is 88.5 Å². The van der Waals surface area contributed by atoms with E-state index >= 15 is 0 Å². The summed E-state index contributed by atoms with van der Waals surface area (Å²) < 4.78 is 16.0. The Kier molecular flexibility index (Phi) is 9.01. The largest absolute Gasteiger partial charge is 0.490 e. The van der Waals surface area contributed by atoms with Crippen LogP contribution in [0.15, 0.2) is 66.2 Å². The third-order valence-corrected chi connectivity index (χ3v) is 6.24. The second-order valence-electron chi connectivity index (χ2n) is 9.29. The molecule has 3 aromatic rings. The van der Waals surface area contributed by atoms with Crippen LogP contribution in [0.1, 0.15) is 34.0 Å². The van der Waals surface area contributed by atoms with Gasteiger partial charge in [0.05, 0.1) is 25.0 Å². The molecule has 11 nitrogen and oxygen atoms in total. The molecule has 2 N–H and O–H groups in total. The molecule has 3 aromatic carbocycles. The SMILES string of the molecule is CCOc1cc(/C=C2/C(=O)NC(=O)N(c3ccc(C(=O)OC)cc3)C2=O)ccc1OCC(=O)Nc1ccc(C)cc1C. The molecule has 1 saturated heterocycles. The van der Waals surface area contributed by atoms with Crippen LogP contribution in [0.5, 0.6) is 11.5 Å². The molecule has 216 valence electrons. The smallest absolute Gasteiger partial charge is 0.337 e. The van der Waals surface area contributed by atoms with Crippen molar-refractivity contribution in [2.45, 2.75) is 20.8 Å². The number of urea groups is 1. The van der Waals surface area contributed by atoms with Gasteiger partial charge in [0.25, 0.3) is 17.7 Å². The van der Waals surface area contributed by atoms with Gasteiger partial charge >= 0.3 is 12.0 Å². The fourth-order valence-corrected chi connectivity index (χ4v) is 4.21. The first-order valence-electron chi connectivity index (χ1n) is 13.0. The molecule has 0 saturated carbocycles. The Morgan fingerprint density at radius 1 is 0.929 bits per heavy atom. The predicted octanol–water partition coefficient (Wildman–Crippen LogP) is 4.17. The van der Waals surface area contributed by atoms with Crippen LogP contribution < -0.4 is 25.0 Å². The molecule has 0 atom stereocenters. The third-order valence-electron chi connectivity index (χ3n) is 6.24. The molecular weight excluding hydrogens is 542 g/mol. The number of esters is 1. The van der Waals surface area contributed by atoms with Crippen molar-refractivity contribution in [1.29, 1.82) is 0 Å². The average molecular weight is 572 g/mol. The van der Waals surface area contributed by atoms with Crippen molar-refractivity contribution in [2.75, 3.05) is 30.5 Å². The third kappa shape index (κ3) is 6.64. The van der Waals surface area contributed by atoms with Crippen LogP contribution in [-0.2, 0) is 19.1 Å². The summed E-state index contributed by atoms with van der Waals surface area (Å²) in [5, 5.41) is 4.97. The normalized spacial score (nSPS) is 14.0. The first-order chi connectivity index (χ1) is 20.1. The van der Waals surface area contributed by atoms with Gasteiger partial charge < -0.3 is 19.5 Å². The molecule has 11 heteroatoms. The minimum atomic E-state index is -0.925. The van der Waals surface area contributed by atoms with Gasteiger partial charge in [-0.15, -0.1) is 0 Å². The minimum absolute atomic E-state index is 0.154. The van der Waals surface area contributed by atoms with Crippen LogP contribution in [0.3, 0.4) is 0 Å². The number of amides is 5. The fourth-order valence-electron chi connectivity index (χ4n) is 4.21. The highest BCUT2D eigenvalue weighted by molar-refractivity contribution is 6.39. The monoisotopic (exact) mass is 571 g/mol. The molecule has 0 aliphatic carbocycles. The maximum absolute atomic E-state index is 13.3. The van der Waals surface area contributed by atoms with E-state index in [1.807, 2.05) is 32.0 Å². The molecule has 1 fully saturated rings. The first-order valence-corrected chi connectivity index (χ1v) is 13.0. The van der Waals surface area contributed by atoms with Gasteiger partial charge in [-0.2, -0.15) is 0 Å². The Morgan fingerprint density at radius 2 is 1.67 bits per heavy atom. The number of methoxy groups -OCH3 is 1. The lowest BCUT2D eigenvalue weighted by molar-refractivity contribution is -0.122. The van der Waals surface area contributed by atoms with Gasteiger partial charge in [-0.3, -0.25) is 19.7 Å². The minimum Gasteiger partial charge on any atom is -0.490 e. The molecule has 0 aromatic heterocycles. The Labute approximate surface area is 242 Å². The van der Waals surface area contributed by atoms with Crippen molar-refractivity contribution in [3.8, 4) is 11.5 Å². The fraction of sp³-hybridized carbons (Fsp3) is 0.194. The summed E-state index contributed by atoms with van der Waals surface area (Å²) in [7, 11) is 1.24. The number of hydrogen-bond donors (Lipinski definition) is 2. The maximum Gasteiger partial charge on any atom is 0.337 e. The molecule has 0 bridgehead atoms. The molecule has 0 spiro atoms. The highest BCUT2D eigenvalue weighted by atomic mass is 16.5. The number of imide groups is 2. The first kappa shape index (κ1) is 29.5. The summed E-state index contributed by atoms with van der Waals surface area (Å²) in [5.74, 6) is -2.07. The van der Waals surface area contributed by atoms with E-state index in [1.54, 1.807) is 25.1 Å². The summed E-state index contributed by atoms with van der Waals surface area (Å²) in [4.78, 5) is 63.4. The number of anilines is 2. The van der Waals surface area contributed by atoms with Gasteiger partial charge in [0.1, 0.15) is 5.57 Å². The highest BCUT2D eigenvalue weighted by Crippen LogP contribution is 2.30. The van der Waals surface area contributed by atoms with E-state index in [0.717, 1.165) is 16.0 Å². The lowest BCUT2D eigenvalue weighted by Crippen LogP contribution is -2.54. The van der Waals surface area contributed by atoms with Gasteiger partial charge in [-0.1, -0.05) is 23.8 Å². The molecular formula is C31H29N3O8. The Hall–Kier alpha value is -5.45. The molecule has 1 aliphatic heterocycles. The zero-order chi connectivity index (χ0) is 30.4. The van der Waals surface area contributed by atoms with Crippen LogP contribution in [-0.4, -0.2) is 50.0 Å². The number of carbonyl (C=O) groups is 5. The second kappa shape index (κ2) is 12.8. The molecule has 5 amide bonds. The van der Waals surface area contributed by atoms with Gasteiger partial charge in [-0.25, -0.2) is 14.5 Å². The molecule has 0 radical (unpaired) electrons. The Balaban J connectivity index is 1.53. The van der Waals surface area contributed by atoms with Crippen molar-refractivity contribution in [3.63, 3.8) is 0 Å². The van der Waals surface area contributed by atoms with Crippen molar-refractivity contribution in [1.82, 2.24) is 5.32 Å². The Bertz CT molecular complexity index is 1590. The van der Waals surface area contributed by atoms with E-state index in [2.05, 4.69) is 15.4 Å². The number of ether oxygens (including phenoxy) is 3. The van der Waals surface area contributed by atoms with Crippen molar-refractivity contribution in [2.24, 2.45) is 0 Å². The number of rotatable bonds is 9. The van der Waals surface area contributed by atoms with E-state index in [4.69, 9.17) is 9.47 Å². The summed E-state index contributed by atoms with van der Waals surface area (Å²) in [6.45, 7) is 5.65. The molecule has 1 aliphatic rings. The van der Waals surface area contributed by atoms with Gasteiger partial charge in [0.2, 0.25) is 0 Å². The number of nitrogens with zero attached hydrogens (tertiary/aromatic N) is 1. The van der Waals surface area contributed by atoms with E-state index in [9.17, 15) is 24.0 Å². The van der Waals surface area contributed by atoms with Crippen molar-refractivity contribution < 1.29 is 38.2 Å². The van der Waals surface area contributed by atoms with Crippen molar-refractivity contribution >= 4 is 47.2 Å². The van der Waals surface area contributed by atoms with E-state index in [-0.39, 0.29) is 41.7 Å². The quantitative estimate of drug-likeness (QED) is 0.222. The average Bonchev–Trinajstić information content (AvgIpc) is 2.96. The zero-order valence-electron chi connectivity index (χ0n) is 23.5. The summed E-state index contributed by atoms with van der Waals surface area (Å²) in [6.07, 6.45) is 1.32. The molecule has 4 rings (SSSR count). The van der Waals surface area contributed by atoms with Crippen LogP contribution in [0.2, 0.25) is 0 Å². The number of aryl methyl sites for hydroxylation is 2. The van der Waals surface area contributed by atoms with Crippen LogP contribution in [0.25, 0.3) is 6.08 Å². The van der Waals surface area contributed by atoms with Crippen LogP contribution >= 0.6 is 0 Å². The van der Waals surface area contributed by atoms with E-state index < -0.39 is 23.8 Å². The molecule has 42 heavy (non-hydrogen) atoms. The highest BCUT2D eigenvalue weighted by Gasteiger charge is 2.37. The summed E-state index contributed by atoms with van der Waals surface area (Å²) >= 11 is 0. The number of carbonyl (C=O) groups excluding carboxylic acids is 5. The molecule has 1 heterocycles. The van der Waals surface area contributed by atoms with E-state index in [1.165, 1.54) is 37.5 Å². The van der Waals surface area contributed by atoms with Gasteiger partial charge in [0, 0.05) is 5.69 Å². The van der Waals surface area contributed by atoms with Gasteiger partial charge in [0.15, 0.2) is 18.1 Å². The molecule has 0 unspecified atom stereocenters. The topological polar surface area (TPSA) is 140 Å². The van der Waals surface area contributed by atoms with Gasteiger partial charge in [-0.05, 0) is 80.4 Å². The Morgan fingerprint density at radius 3 is 2.33 bits per heavy atom. The van der Waals surface area contributed by atoms with Crippen LogP contribution in [0.4, 0.5) is 16.2 Å². The van der Waals surface area contributed by atoms with E-state index in [0.29, 0.717) is 17.0 Å². The summed E-state index contributed by atoms with van der Waals surface area (Å²) in [6, 6.07) is 15.0. The number of benzene rings is 3. The second-order valence-corrected chi connectivity index (χ2v) is 9.29.